The maximum atomic E-state index is 13.3. The van der Waals surface area contributed by atoms with Crippen LogP contribution in [0.25, 0.3) is 12.2 Å². The number of esters is 1. The fourth-order valence-corrected chi connectivity index (χ4v) is 4.86. The monoisotopic (exact) mass is 524 g/mol. The van der Waals surface area contributed by atoms with Gasteiger partial charge in [-0.15, -0.1) is 11.3 Å². The van der Waals surface area contributed by atoms with Gasteiger partial charge in [-0.05, 0) is 48.4 Å². The molecular weight excluding hydrogens is 500 g/mol. The second kappa shape index (κ2) is 10.8. The van der Waals surface area contributed by atoms with Crippen molar-refractivity contribution in [2.45, 2.75) is 20.0 Å². The molecule has 5 rings (SSSR count). The Morgan fingerprint density at radius 1 is 1.03 bits per heavy atom. The Hall–Kier alpha value is -4.25. The maximum Gasteiger partial charge on any atom is 0.333 e. The molecule has 0 fully saturated rings. The molecular formula is C26H24N2O8S. The number of amides is 1. The summed E-state index contributed by atoms with van der Waals surface area (Å²) in [7, 11) is 0. The lowest BCUT2D eigenvalue weighted by molar-refractivity contribution is -0.135. The molecule has 2 aliphatic rings. The van der Waals surface area contributed by atoms with Gasteiger partial charge in [-0.3, -0.25) is 14.2 Å². The largest absolute Gasteiger partial charge is 0.486 e. The fourth-order valence-electron chi connectivity index (χ4n) is 3.83. The summed E-state index contributed by atoms with van der Waals surface area (Å²) in [5.74, 6) is 1.53. The number of fused-ring (bicyclic) bond motifs is 2. The molecule has 2 aliphatic heterocycles. The number of thiazole rings is 1. The van der Waals surface area contributed by atoms with Crippen LogP contribution in [0.15, 0.2) is 41.2 Å². The molecule has 2 aromatic carbocycles. The Bertz CT molecular complexity index is 1520. The molecule has 1 amide bonds. The predicted octanol–water partition coefficient (Wildman–Crippen LogP) is 0.898. The van der Waals surface area contributed by atoms with Gasteiger partial charge in [-0.25, -0.2) is 4.79 Å². The number of rotatable bonds is 7. The van der Waals surface area contributed by atoms with E-state index in [1.165, 1.54) is 10.6 Å². The molecule has 37 heavy (non-hydrogen) atoms. The molecule has 3 aromatic rings. The zero-order valence-electron chi connectivity index (χ0n) is 20.0. The number of ether oxygens (including phenoxy) is 5. The van der Waals surface area contributed by atoms with E-state index in [1.54, 1.807) is 37.3 Å². The highest BCUT2D eigenvalue weighted by Gasteiger charge is 2.15. The van der Waals surface area contributed by atoms with Crippen LogP contribution >= 0.6 is 11.3 Å². The predicted molar refractivity (Wildman–Crippen MR) is 134 cm³/mol. The van der Waals surface area contributed by atoms with Gasteiger partial charge in [0.25, 0.3) is 5.56 Å². The number of hydrogen-bond acceptors (Lipinski definition) is 9. The van der Waals surface area contributed by atoms with Crippen molar-refractivity contribution in [3.8, 4) is 23.0 Å². The zero-order chi connectivity index (χ0) is 25.8. The number of hydrogen-bond donors (Lipinski definition) is 1. The van der Waals surface area contributed by atoms with Crippen molar-refractivity contribution < 1.29 is 33.3 Å². The first-order valence-electron chi connectivity index (χ1n) is 11.6. The van der Waals surface area contributed by atoms with Gasteiger partial charge in [0.1, 0.15) is 24.4 Å². The first-order valence-corrected chi connectivity index (χ1v) is 12.5. The summed E-state index contributed by atoms with van der Waals surface area (Å²) in [4.78, 5) is 38.2. The maximum absolute atomic E-state index is 13.3. The van der Waals surface area contributed by atoms with Gasteiger partial charge in [0.05, 0.1) is 17.2 Å². The Labute approximate surface area is 215 Å². The lowest BCUT2D eigenvalue weighted by Gasteiger charge is -2.18. The Kier molecular flexibility index (Phi) is 7.13. The van der Waals surface area contributed by atoms with E-state index in [-0.39, 0.29) is 32.4 Å². The van der Waals surface area contributed by atoms with Gasteiger partial charge in [-0.2, -0.15) is 0 Å². The summed E-state index contributed by atoms with van der Waals surface area (Å²) in [5.41, 5.74) is 1.15. The van der Waals surface area contributed by atoms with Gasteiger partial charge in [0, 0.05) is 6.54 Å². The molecule has 0 unspecified atom stereocenters. The standard InChI is InChI=1S/C26H24N2O8S/c1-2-32-25(30)12-24-28(14-23(29)27-13-17-4-6-19-21(10-17)36-15-35-19)26(31)22(37-24)11-16-3-5-18-20(9-16)34-8-7-33-18/h3-6,9-12H,2,7-8,13-15H2,1H3,(H,27,29)/b22-11-,24-12-. The quantitative estimate of drug-likeness (QED) is 0.454. The minimum atomic E-state index is -0.593. The van der Waals surface area contributed by atoms with Gasteiger partial charge >= 0.3 is 5.97 Å². The van der Waals surface area contributed by atoms with Crippen molar-refractivity contribution in [2.75, 3.05) is 26.6 Å². The molecule has 0 atom stereocenters. The lowest BCUT2D eigenvalue weighted by Crippen LogP contribution is -2.38. The minimum absolute atomic E-state index is 0.164. The Balaban J connectivity index is 1.40. The highest BCUT2D eigenvalue weighted by molar-refractivity contribution is 7.07. The van der Waals surface area contributed by atoms with Crippen LogP contribution in [0.5, 0.6) is 23.0 Å². The molecule has 1 N–H and O–H groups in total. The van der Waals surface area contributed by atoms with E-state index < -0.39 is 11.5 Å². The fraction of sp³-hybridized carbons (Fsp3) is 0.269. The van der Waals surface area contributed by atoms with Crippen molar-refractivity contribution in [3.05, 3.63) is 67.1 Å². The van der Waals surface area contributed by atoms with Crippen LogP contribution in [0.1, 0.15) is 18.1 Å². The second-order valence-electron chi connectivity index (χ2n) is 8.10. The van der Waals surface area contributed by atoms with E-state index in [1.807, 2.05) is 12.1 Å². The van der Waals surface area contributed by atoms with Crippen LogP contribution in [0.3, 0.4) is 0 Å². The van der Waals surface area contributed by atoms with E-state index in [9.17, 15) is 14.4 Å². The summed E-state index contributed by atoms with van der Waals surface area (Å²) < 4.78 is 28.8. The summed E-state index contributed by atoms with van der Waals surface area (Å²) in [6.07, 6.45) is 2.91. The van der Waals surface area contributed by atoms with Crippen molar-refractivity contribution >= 4 is 35.4 Å². The average molecular weight is 525 g/mol. The van der Waals surface area contributed by atoms with Crippen LogP contribution < -0.4 is 39.0 Å². The van der Waals surface area contributed by atoms with Gasteiger partial charge in [0.2, 0.25) is 12.7 Å². The highest BCUT2D eigenvalue weighted by Crippen LogP contribution is 2.32. The van der Waals surface area contributed by atoms with Crippen molar-refractivity contribution in [1.29, 1.82) is 0 Å². The second-order valence-corrected chi connectivity index (χ2v) is 9.17. The molecule has 192 valence electrons. The van der Waals surface area contributed by atoms with Crippen molar-refractivity contribution in [3.63, 3.8) is 0 Å². The van der Waals surface area contributed by atoms with E-state index in [4.69, 9.17) is 23.7 Å². The third-order valence-corrected chi connectivity index (χ3v) is 6.62. The summed E-state index contributed by atoms with van der Waals surface area (Å²) >= 11 is 1.10. The van der Waals surface area contributed by atoms with Gasteiger partial charge in [-0.1, -0.05) is 12.1 Å². The highest BCUT2D eigenvalue weighted by atomic mass is 32.1. The average Bonchev–Trinajstić information content (AvgIpc) is 3.47. The van der Waals surface area contributed by atoms with E-state index in [0.29, 0.717) is 45.4 Å². The molecule has 0 radical (unpaired) electrons. The van der Waals surface area contributed by atoms with Crippen LogP contribution in [-0.4, -0.2) is 43.1 Å². The summed E-state index contributed by atoms with van der Waals surface area (Å²) in [5, 5.41) is 2.80. The molecule has 0 saturated carbocycles. The first-order chi connectivity index (χ1) is 18.0. The number of benzene rings is 2. The van der Waals surface area contributed by atoms with Crippen molar-refractivity contribution in [2.24, 2.45) is 0 Å². The molecule has 0 saturated heterocycles. The van der Waals surface area contributed by atoms with E-state index in [2.05, 4.69) is 5.32 Å². The third kappa shape index (κ3) is 5.61. The molecule has 1 aromatic heterocycles. The number of nitrogens with one attached hydrogen (secondary N) is 1. The lowest BCUT2D eigenvalue weighted by atomic mass is 10.2. The number of aromatic nitrogens is 1. The number of carbonyl (C=O) groups excluding carboxylic acids is 2. The Morgan fingerprint density at radius 3 is 2.59 bits per heavy atom. The summed E-state index contributed by atoms with van der Waals surface area (Å²) in [6, 6.07) is 10.8. The molecule has 3 heterocycles. The molecule has 11 heteroatoms. The molecule has 0 spiro atoms. The zero-order valence-corrected chi connectivity index (χ0v) is 20.8. The van der Waals surface area contributed by atoms with Crippen LogP contribution in [0.2, 0.25) is 0 Å². The minimum Gasteiger partial charge on any atom is -0.486 e. The third-order valence-electron chi connectivity index (χ3n) is 5.56. The molecule has 10 nitrogen and oxygen atoms in total. The normalized spacial score (nSPS) is 14.5. The number of nitrogens with zero attached hydrogens (tertiary/aromatic N) is 1. The van der Waals surface area contributed by atoms with Gasteiger partial charge in [0.15, 0.2) is 23.0 Å². The van der Waals surface area contributed by atoms with Crippen LogP contribution in [0.4, 0.5) is 0 Å². The Morgan fingerprint density at radius 2 is 1.76 bits per heavy atom. The van der Waals surface area contributed by atoms with E-state index >= 15 is 0 Å². The van der Waals surface area contributed by atoms with Crippen LogP contribution in [0, 0.1) is 0 Å². The molecule has 0 bridgehead atoms. The summed E-state index contributed by atoms with van der Waals surface area (Å²) in [6.45, 7) is 2.95. The van der Waals surface area contributed by atoms with Crippen molar-refractivity contribution in [1.82, 2.24) is 9.88 Å². The smallest absolute Gasteiger partial charge is 0.333 e. The SMILES string of the molecule is CCOC(=O)/C=c1\s/c(=C\c2ccc3c(c2)OCCO3)c(=O)n1CC(=O)NCc1ccc2c(c1)OCO2. The topological polar surface area (TPSA) is 114 Å². The first kappa shape index (κ1) is 24.4. The number of carbonyl (C=O) groups is 2. The van der Waals surface area contributed by atoms with Crippen LogP contribution in [-0.2, 0) is 27.4 Å². The van der Waals surface area contributed by atoms with E-state index in [0.717, 1.165) is 22.5 Å². The van der Waals surface area contributed by atoms with Gasteiger partial charge < -0.3 is 29.0 Å². The molecule has 0 aliphatic carbocycles.